The van der Waals surface area contributed by atoms with Crippen LogP contribution >= 0.6 is 22.9 Å². The van der Waals surface area contributed by atoms with E-state index in [0.717, 1.165) is 6.42 Å². The van der Waals surface area contributed by atoms with E-state index in [-0.39, 0.29) is 5.91 Å². The van der Waals surface area contributed by atoms with Crippen molar-refractivity contribution in [3.63, 3.8) is 0 Å². The van der Waals surface area contributed by atoms with Gasteiger partial charge in [-0.25, -0.2) is 4.98 Å². The molecule has 0 aliphatic carbocycles. The maximum Gasteiger partial charge on any atom is 0.251 e. The summed E-state index contributed by atoms with van der Waals surface area (Å²) >= 11 is 7.55. The number of aryl methyl sites for hydroxylation is 1. The van der Waals surface area contributed by atoms with Crippen molar-refractivity contribution in [2.75, 3.05) is 12.4 Å². The molecule has 0 aliphatic heterocycles. The Morgan fingerprint density at radius 2 is 2.25 bits per heavy atom. The molecule has 0 saturated carbocycles. The molecule has 0 aliphatic rings. The summed E-state index contributed by atoms with van der Waals surface area (Å²) in [6.07, 6.45) is 0.972. The van der Waals surface area contributed by atoms with E-state index in [2.05, 4.69) is 28.6 Å². The molecule has 2 N–H and O–H groups in total. The number of aromatic nitrogens is 1. The fourth-order valence-electron chi connectivity index (χ4n) is 1.86. The minimum Gasteiger partial charge on any atom is -0.373 e. The summed E-state index contributed by atoms with van der Waals surface area (Å²) in [6, 6.07) is 5.33. The predicted molar refractivity (Wildman–Crippen MR) is 83.7 cm³/mol. The highest BCUT2D eigenvalue weighted by atomic mass is 35.5. The Morgan fingerprint density at radius 3 is 2.95 bits per heavy atom. The molecule has 0 radical (unpaired) electrons. The number of carbonyl (C=O) groups excluding carboxylic acids is 1. The van der Waals surface area contributed by atoms with Crippen molar-refractivity contribution in [3.05, 3.63) is 44.7 Å². The standard InChI is InChI=1S/C14H16ClN3OS/c1-3-9-4-5-20-11(9)8-17-14(19)10-6-12(15)18-13(7-10)16-2/h4-7H,3,8H2,1-2H3,(H,16,18)(H,17,19). The van der Waals surface area contributed by atoms with Gasteiger partial charge in [0.15, 0.2) is 0 Å². The molecule has 0 atom stereocenters. The number of carbonyl (C=O) groups is 1. The molecule has 0 unspecified atom stereocenters. The molecule has 2 rings (SSSR count). The van der Waals surface area contributed by atoms with E-state index in [9.17, 15) is 4.79 Å². The Kier molecular flexibility index (Phi) is 4.98. The number of nitrogens with one attached hydrogen (secondary N) is 2. The zero-order chi connectivity index (χ0) is 14.5. The minimum absolute atomic E-state index is 0.152. The lowest BCUT2D eigenvalue weighted by atomic mass is 10.2. The third kappa shape index (κ3) is 3.49. The number of halogens is 1. The number of thiophene rings is 1. The van der Waals surface area contributed by atoms with E-state index in [1.165, 1.54) is 10.4 Å². The van der Waals surface area contributed by atoms with Gasteiger partial charge in [0.2, 0.25) is 0 Å². The fourth-order valence-corrected chi connectivity index (χ4v) is 2.98. The topological polar surface area (TPSA) is 54.0 Å². The summed E-state index contributed by atoms with van der Waals surface area (Å²) in [5.41, 5.74) is 1.78. The van der Waals surface area contributed by atoms with Crippen molar-refractivity contribution in [1.82, 2.24) is 10.3 Å². The number of amides is 1. The van der Waals surface area contributed by atoms with Gasteiger partial charge in [0.05, 0.1) is 6.54 Å². The monoisotopic (exact) mass is 309 g/mol. The second-order valence-electron chi connectivity index (χ2n) is 4.22. The van der Waals surface area contributed by atoms with E-state index < -0.39 is 0 Å². The van der Waals surface area contributed by atoms with Crippen LogP contribution in [0.15, 0.2) is 23.6 Å². The Balaban J connectivity index is 2.07. The van der Waals surface area contributed by atoms with Gasteiger partial charge >= 0.3 is 0 Å². The average Bonchev–Trinajstić information content (AvgIpc) is 2.91. The van der Waals surface area contributed by atoms with E-state index in [0.29, 0.717) is 23.1 Å². The Labute approximate surface area is 127 Å². The maximum absolute atomic E-state index is 12.1. The molecule has 106 valence electrons. The highest BCUT2D eigenvalue weighted by Crippen LogP contribution is 2.18. The van der Waals surface area contributed by atoms with Gasteiger partial charge in [0.25, 0.3) is 5.91 Å². The van der Waals surface area contributed by atoms with E-state index in [1.807, 2.05) is 5.38 Å². The van der Waals surface area contributed by atoms with Crippen molar-refractivity contribution < 1.29 is 4.79 Å². The molecule has 0 saturated heterocycles. The average molecular weight is 310 g/mol. The molecule has 0 fully saturated rings. The van der Waals surface area contributed by atoms with Gasteiger partial charge in [-0.3, -0.25) is 4.79 Å². The molecule has 6 heteroatoms. The van der Waals surface area contributed by atoms with Crippen molar-refractivity contribution in [1.29, 1.82) is 0 Å². The minimum atomic E-state index is -0.152. The van der Waals surface area contributed by atoms with Gasteiger partial charge in [-0.15, -0.1) is 11.3 Å². The van der Waals surface area contributed by atoms with Crippen LogP contribution in [0, 0.1) is 0 Å². The van der Waals surface area contributed by atoms with Crippen LogP contribution < -0.4 is 10.6 Å². The number of hydrogen-bond donors (Lipinski definition) is 2. The quantitative estimate of drug-likeness (QED) is 0.833. The number of pyridine rings is 1. The van der Waals surface area contributed by atoms with Gasteiger partial charge in [0, 0.05) is 17.5 Å². The normalized spacial score (nSPS) is 10.3. The Bertz CT molecular complexity index is 612. The second kappa shape index (κ2) is 6.72. The molecular formula is C14H16ClN3OS. The molecule has 1 amide bonds. The molecule has 0 bridgehead atoms. The summed E-state index contributed by atoms with van der Waals surface area (Å²) in [6.45, 7) is 2.64. The highest BCUT2D eigenvalue weighted by molar-refractivity contribution is 7.10. The second-order valence-corrected chi connectivity index (χ2v) is 5.61. The summed E-state index contributed by atoms with van der Waals surface area (Å²) in [5.74, 6) is 0.425. The summed E-state index contributed by atoms with van der Waals surface area (Å²) in [7, 11) is 1.74. The first-order chi connectivity index (χ1) is 9.63. The SMILES string of the molecule is CCc1ccsc1CNC(=O)c1cc(Cl)nc(NC)c1. The molecule has 2 aromatic rings. The van der Waals surface area contributed by atoms with Gasteiger partial charge in [0.1, 0.15) is 11.0 Å². The number of hydrogen-bond acceptors (Lipinski definition) is 4. The van der Waals surface area contributed by atoms with Gasteiger partial charge in [-0.1, -0.05) is 18.5 Å². The predicted octanol–water partition coefficient (Wildman–Crippen LogP) is 3.33. The summed E-state index contributed by atoms with van der Waals surface area (Å²) in [4.78, 5) is 17.4. The van der Waals surface area contributed by atoms with Crippen LogP contribution in [-0.2, 0) is 13.0 Å². The number of nitrogens with zero attached hydrogens (tertiary/aromatic N) is 1. The van der Waals surface area contributed by atoms with Crippen LogP contribution in [0.3, 0.4) is 0 Å². The molecular weight excluding hydrogens is 294 g/mol. The van der Waals surface area contributed by atoms with Crippen molar-refractivity contribution >= 4 is 34.7 Å². The molecule has 0 spiro atoms. The summed E-state index contributed by atoms with van der Waals surface area (Å²) in [5, 5.41) is 8.13. The van der Waals surface area contributed by atoms with Gasteiger partial charge in [-0.2, -0.15) is 0 Å². The molecule has 2 heterocycles. The molecule has 4 nitrogen and oxygen atoms in total. The van der Waals surface area contributed by atoms with Gasteiger partial charge < -0.3 is 10.6 Å². The number of anilines is 1. The molecule has 0 aromatic carbocycles. The van der Waals surface area contributed by atoms with Crippen LogP contribution in [-0.4, -0.2) is 17.9 Å². The first-order valence-electron chi connectivity index (χ1n) is 6.32. The van der Waals surface area contributed by atoms with Crippen LogP contribution in [0.4, 0.5) is 5.82 Å². The van der Waals surface area contributed by atoms with Crippen molar-refractivity contribution in [2.45, 2.75) is 19.9 Å². The lowest BCUT2D eigenvalue weighted by Gasteiger charge is -2.07. The van der Waals surface area contributed by atoms with Crippen molar-refractivity contribution in [2.24, 2.45) is 0 Å². The first-order valence-corrected chi connectivity index (χ1v) is 7.58. The van der Waals surface area contributed by atoms with Crippen LogP contribution in [0.25, 0.3) is 0 Å². The Morgan fingerprint density at radius 1 is 1.45 bits per heavy atom. The number of rotatable bonds is 5. The zero-order valence-electron chi connectivity index (χ0n) is 11.4. The van der Waals surface area contributed by atoms with E-state index in [1.54, 1.807) is 30.5 Å². The third-order valence-electron chi connectivity index (χ3n) is 2.94. The first kappa shape index (κ1) is 14.8. The van der Waals surface area contributed by atoms with Gasteiger partial charge in [-0.05, 0) is 35.6 Å². The molecule has 20 heavy (non-hydrogen) atoms. The lowest BCUT2D eigenvalue weighted by Crippen LogP contribution is -2.23. The molecule has 2 aromatic heterocycles. The zero-order valence-corrected chi connectivity index (χ0v) is 12.9. The van der Waals surface area contributed by atoms with E-state index >= 15 is 0 Å². The van der Waals surface area contributed by atoms with Crippen LogP contribution in [0.5, 0.6) is 0 Å². The Hall–Kier alpha value is -1.59. The highest BCUT2D eigenvalue weighted by Gasteiger charge is 2.10. The van der Waals surface area contributed by atoms with Crippen molar-refractivity contribution in [3.8, 4) is 0 Å². The van der Waals surface area contributed by atoms with E-state index in [4.69, 9.17) is 11.6 Å². The maximum atomic E-state index is 12.1. The van der Waals surface area contributed by atoms with Crippen LogP contribution in [0.1, 0.15) is 27.7 Å². The largest absolute Gasteiger partial charge is 0.373 e. The third-order valence-corrected chi connectivity index (χ3v) is 4.10. The fraction of sp³-hybridized carbons (Fsp3) is 0.286. The lowest BCUT2D eigenvalue weighted by molar-refractivity contribution is 0.0951. The summed E-state index contributed by atoms with van der Waals surface area (Å²) < 4.78 is 0. The smallest absolute Gasteiger partial charge is 0.251 e. The van der Waals surface area contributed by atoms with Crippen LogP contribution in [0.2, 0.25) is 5.15 Å².